The summed E-state index contributed by atoms with van der Waals surface area (Å²) in [5.41, 5.74) is 7.28. The van der Waals surface area contributed by atoms with Crippen molar-refractivity contribution in [3.05, 3.63) is 34.4 Å². The third-order valence-corrected chi connectivity index (χ3v) is 3.55. The fraction of sp³-hybridized carbons (Fsp3) is 0.467. The summed E-state index contributed by atoms with van der Waals surface area (Å²) in [6.07, 6.45) is 3.39. The molecule has 0 unspecified atom stereocenters. The molecule has 1 aliphatic rings. The van der Waals surface area contributed by atoms with Gasteiger partial charge in [-0.25, -0.2) is 0 Å². The maximum atomic E-state index is 5.48. The minimum atomic E-state index is 1.05. The van der Waals surface area contributed by atoms with Crippen molar-refractivity contribution in [1.82, 2.24) is 0 Å². The molecule has 2 rings (SSSR count). The normalized spacial score (nSPS) is 14.2. The number of ether oxygens (including phenoxy) is 1. The van der Waals surface area contributed by atoms with Crippen LogP contribution in [0.4, 0.5) is 0 Å². The van der Waals surface area contributed by atoms with Crippen molar-refractivity contribution < 1.29 is 4.74 Å². The minimum Gasteiger partial charge on any atom is -0.496 e. The highest BCUT2D eigenvalue weighted by molar-refractivity contribution is 5.78. The van der Waals surface area contributed by atoms with E-state index in [2.05, 4.69) is 32.9 Å². The van der Waals surface area contributed by atoms with E-state index in [-0.39, 0.29) is 0 Å². The van der Waals surface area contributed by atoms with Gasteiger partial charge in [-0.2, -0.15) is 0 Å². The van der Waals surface area contributed by atoms with Crippen LogP contribution in [0.1, 0.15) is 43.9 Å². The Kier molecular flexibility index (Phi) is 3.04. The lowest BCUT2D eigenvalue weighted by molar-refractivity contribution is 0.409. The highest BCUT2D eigenvalue weighted by atomic mass is 16.5. The average molecular weight is 216 g/mol. The highest BCUT2D eigenvalue weighted by Gasteiger charge is 2.21. The molecule has 0 radical (unpaired) electrons. The molecule has 1 aromatic carbocycles. The van der Waals surface area contributed by atoms with Crippen LogP contribution in [0.3, 0.4) is 0 Å². The zero-order chi connectivity index (χ0) is 11.7. The van der Waals surface area contributed by atoms with Gasteiger partial charge >= 0.3 is 0 Å². The van der Waals surface area contributed by atoms with E-state index in [0.29, 0.717) is 0 Å². The average Bonchev–Trinajstić information content (AvgIpc) is 2.56. The second-order valence-electron chi connectivity index (χ2n) is 4.61. The zero-order valence-corrected chi connectivity index (χ0v) is 10.7. The lowest BCUT2D eigenvalue weighted by atomic mass is 9.95. The monoisotopic (exact) mass is 216 g/mol. The van der Waals surface area contributed by atoms with Crippen molar-refractivity contribution in [2.24, 2.45) is 0 Å². The summed E-state index contributed by atoms with van der Waals surface area (Å²) in [6.45, 7) is 6.69. The van der Waals surface area contributed by atoms with Crippen molar-refractivity contribution in [3.63, 3.8) is 0 Å². The second-order valence-corrected chi connectivity index (χ2v) is 4.61. The molecule has 0 fully saturated rings. The maximum absolute atomic E-state index is 5.48. The summed E-state index contributed by atoms with van der Waals surface area (Å²) in [4.78, 5) is 0. The first-order valence-electron chi connectivity index (χ1n) is 6.04. The fourth-order valence-electron chi connectivity index (χ4n) is 2.61. The Labute approximate surface area is 98.1 Å². The number of methoxy groups -OCH3 is 1. The SMILES string of the molecule is CCCc1c(OC)ccc2c1C(C)=C(C)C2. The molecule has 0 spiro atoms. The Morgan fingerprint density at radius 3 is 2.62 bits per heavy atom. The summed E-state index contributed by atoms with van der Waals surface area (Å²) in [5, 5.41) is 0. The van der Waals surface area contributed by atoms with E-state index in [1.807, 2.05) is 0 Å². The summed E-state index contributed by atoms with van der Waals surface area (Å²) in [5.74, 6) is 1.05. The molecule has 0 aromatic heterocycles. The first kappa shape index (κ1) is 11.3. The Balaban J connectivity index is 2.59. The molecule has 0 heterocycles. The molecular formula is C15H20O. The number of benzene rings is 1. The van der Waals surface area contributed by atoms with Gasteiger partial charge in [0.15, 0.2) is 0 Å². The zero-order valence-electron chi connectivity index (χ0n) is 10.7. The summed E-state index contributed by atoms with van der Waals surface area (Å²) >= 11 is 0. The van der Waals surface area contributed by atoms with E-state index in [1.165, 1.54) is 34.3 Å². The molecule has 0 amide bonds. The van der Waals surface area contributed by atoms with Gasteiger partial charge in [0.25, 0.3) is 0 Å². The lowest BCUT2D eigenvalue weighted by Gasteiger charge is -2.14. The smallest absolute Gasteiger partial charge is 0.122 e. The Morgan fingerprint density at radius 1 is 1.25 bits per heavy atom. The van der Waals surface area contributed by atoms with E-state index in [0.717, 1.165) is 18.6 Å². The van der Waals surface area contributed by atoms with Gasteiger partial charge in [0, 0.05) is 5.56 Å². The summed E-state index contributed by atoms with van der Waals surface area (Å²) < 4.78 is 5.48. The number of hydrogen-bond acceptors (Lipinski definition) is 1. The van der Waals surface area contributed by atoms with Crippen molar-refractivity contribution >= 4 is 5.57 Å². The molecule has 0 aliphatic heterocycles. The molecule has 16 heavy (non-hydrogen) atoms. The first-order chi connectivity index (χ1) is 7.69. The van der Waals surface area contributed by atoms with Crippen LogP contribution in [0.2, 0.25) is 0 Å². The molecule has 0 bridgehead atoms. The van der Waals surface area contributed by atoms with Gasteiger partial charge in [-0.1, -0.05) is 25.0 Å². The van der Waals surface area contributed by atoms with E-state index >= 15 is 0 Å². The largest absolute Gasteiger partial charge is 0.496 e. The van der Waals surface area contributed by atoms with Crippen molar-refractivity contribution in [1.29, 1.82) is 0 Å². The molecule has 0 atom stereocenters. The van der Waals surface area contributed by atoms with Gasteiger partial charge in [-0.05, 0) is 49.5 Å². The van der Waals surface area contributed by atoms with E-state index < -0.39 is 0 Å². The topological polar surface area (TPSA) is 9.23 Å². The van der Waals surface area contributed by atoms with Gasteiger partial charge in [-0.3, -0.25) is 0 Å². The van der Waals surface area contributed by atoms with Crippen LogP contribution < -0.4 is 4.74 Å². The molecule has 86 valence electrons. The standard InChI is InChI=1S/C15H20O/c1-5-6-13-14(16-4)8-7-12-9-10(2)11(3)15(12)13/h7-8H,5-6,9H2,1-4H3. The van der Waals surface area contributed by atoms with Crippen LogP contribution in [-0.4, -0.2) is 7.11 Å². The molecule has 1 heteroatoms. The van der Waals surface area contributed by atoms with Crippen LogP contribution >= 0.6 is 0 Å². The second kappa shape index (κ2) is 4.32. The predicted octanol–water partition coefficient (Wildman–Crippen LogP) is 4.00. The Morgan fingerprint density at radius 2 is 2.00 bits per heavy atom. The van der Waals surface area contributed by atoms with Crippen molar-refractivity contribution in [3.8, 4) is 5.75 Å². The van der Waals surface area contributed by atoms with E-state index in [9.17, 15) is 0 Å². The molecule has 0 saturated carbocycles. The highest BCUT2D eigenvalue weighted by Crippen LogP contribution is 2.39. The van der Waals surface area contributed by atoms with Crippen LogP contribution in [0.15, 0.2) is 17.7 Å². The molecule has 1 nitrogen and oxygen atoms in total. The Bertz CT molecular complexity index is 441. The van der Waals surface area contributed by atoms with Crippen LogP contribution in [0.25, 0.3) is 5.57 Å². The van der Waals surface area contributed by atoms with Gasteiger partial charge in [-0.15, -0.1) is 0 Å². The van der Waals surface area contributed by atoms with Gasteiger partial charge in [0.1, 0.15) is 5.75 Å². The number of fused-ring (bicyclic) bond motifs is 1. The maximum Gasteiger partial charge on any atom is 0.122 e. The predicted molar refractivity (Wildman–Crippen MR) is 69.0 cm³/mol. The molecule has 1 aliphatic carbocycles. The van der Waals surface area contributed by atoms with Crippen molar-refractivity contribution in [2.75, 3.05) is 7.11 Å². The Hall–Kier alpha value is -1.24. The van der Waals surface area contributed by atoms with Gasteiger partial charge in [0.2, 0.25) is 0 Å². The van der Waals surface area contributed by atoms with Crippen LogP contribution in [0.5, 0.6) is 5.75 Å². The molecule has 0 saturated heterocycles. The van der Waals surface area contributed by atoms with Gasteiger partial charge < -0.3 is 4.74 Å². The van der Waals surface area contributed by atoms with Crippen LogP contribution in [0, 0.1) is 0 Å². The number of hydrogen-bond donors (Lipinski definition) is 0. The molecular weight excluding hydrogens is 196 g/mol. The van der Waals surface area contributed by atoms with E-state index in [4.69, 9.17) is 4.74 Å². The molecule has 1 aromatic rings. The fourth-order valence-corrected chi connectivity index (χ4v) is 2.61. The number of allylic oxidation sites excluding steroid dienone is 2. The van der Waals surface area contributed by atoms with Crippen LogP contribution in [-0.2, 0) is 12.8 Å². The molecule has 0 N–H and O–H groups in total. The third-order valence-electron chi connectivity index (χ3n) is 3.55. The third kappa shape index (κ3) is 1.64. The minimum absolute atomic E-state index is 1.05. The van der Waals surface area contributed by atoms with Crippen molar-refractivity contribution in [2.45, 2.75) is 40.0 Å². The first-order valence-corrected chi connectivity index (χ1v) is 6.04. The van der Waals surface area contributed by atoms with E-state index in [1.54, 1.807) is 7.11 Å². The summed E-state index contributed by atoms with van der Waals surface area (Å²) in [6, 6.07) is 4.34. The lowest BCUT2D eigenvalue weighted by Crippen LogP contribution is -1.98. The summed E-state index contributed by atoms with van der Waals surface area (Å²) in [7, 11) is 1.77. The van der Waals surface area contributed by atoms with Gasteiger partial charge in [0.05, 0.1) is 7.11 Å². The number of rotatable bonds is 3. The quantitative estimate of drug-likeness (QED) is 0.742.